The fourth-order valence-electron chi connectivity index (χ4n) is 3.56. The molecule has 0 aliphatic carbocycles. The Morgan fingerprint density at radius 1 is 1.24 bits per heavy atom. The van der Waals surface area contributed by atoms with Crippen molar-refractivity contribution in [3.8, 4) is 0 Å². The number of carbonyl (C=O) groups excluding carboxylic acids is 1. The average Bonchev–Trinajstić information content (AvgIpc) is 2.70. The lowest BCUT2D eigenvalue weighted by atomic mass is 10.1. The molecule has 0 radical (unpaired) electrons. The molecule has 2 atom stereocenters. The maximum Gasteiger partial charge on any atom is 0.330 e. The van der Waals surface area contributed by atoms with Crippen molar-refractivity contribution in [3.63, 3.8) is 0 Å². The Morgan fingerprint density at radius 3 is 2.72 bits per heavy atom. The minimum absolute atomic E-state index is 0.00875. The van der Waals surface area contributed by atoms with E-state index in [1.54, 1.807) is 0 Å². The molecule has 9 heteroatoms. The van der Waals surface area contributed by atoms with Crippen LogP contribution in [0.5, 0.6) is 0 Å². The second-order valence-corrected chi connectivity index (χ2v) is 7.12. The molecule has 1 aliphatic heterocycles. The molecule has 0 saturated carbocycles. The number of carbonyl (C=O) groups is 1. The number of aliphatic hydroxyl groups is 1. The zero-order valence-electron chi connectivity index (χ0n) is 15.4. The normalized spacial score (nSPS) is 19.4. The first kappa shape index (κ1) is 19.0. The molecule has 1 fully saturated rings. The van der Waals surface area contributed by atoms with Gasteiger partial charge in [0.15, 0.2) is 0 Å². The number of piperidine rings is 1. The lowest BCUT2D eigenvalue weighted by Gasteiger charge is -2.32. The minimum atomic E-state index is -1.31. The molecular weight excluding hydrogens is 379 g/mol. The number of β-amino-alcohol motifs (C(OH)–C–C–N with tert-alkyl or cyclic N) is 1. The van der Waals surface area contributed by atoms with E-state index in [2.05, 4.69) is 9.97 Å². The summed E-state index contributed by atoms with van der Waals surface area (Å²) in [6.45, 7) is 0.0913. The van der Waals surface area contributed by atoms with Gasteiger partial charge in [0.1, 0.15) is 11.8 Å². The number of benzene rings is 1. The van der Waals surface area contributed by atoms with Crippen molar-refractivity contribution in [3.05, 3.63) is 74.6 Å². The third-order valence-corrected chi connectivity index (χ3v) is 4.93. The Bertz CT molecular complexity index is 1160. The highest BCUT2D eigenvalue weighted by molar-refractivity contribution is 5.96. The summed E-state index contributed by atoms with van der Waals surface area (Å²) in [7, 11) is 0. The molecule has 2 N–H and O–H groups in total. The van der Waals surface area contributed by atoms with Gasteiger partial charge < -0.3 is 10.0 Å². The van der Waals surface area contributed by atoms with E-state index in [-0.39, 0.29) is 42.7 Å². The van der Waals surface area contributed by atoms with E-state index in [4.69, 9.17) is 0 Å². The van der Waals surface area contributed by atoms with Crippen molar-refractivity contribution < 1.29 is 14.3 Å². The Balaban J connectivity index is 1.74. The van der Waals surface area contributed by atoms with Crippen LogP contribution in [0.3, 0.4) is 0 Å². The smallest absolute Gasteiger partial charge is 0.330 e. The molecule has 1 aromatic carbocycles. The summed E-state index contributed by atoms with van der Waals surface area (Å²) in [4.78, 5) is 45.0. The standard InChI is InChI=1S/C20H19FN4O4/c21-14-7-15(26)11-24(10-14)19(28)13-6-16-17(22-8-13)25(20(29)23-18(16)27)9-12-4-2-1-3-5-12/h1-6,8,14-15,26H,7,9-11H2,(H,23,27,29)/t14-,15-/m1/s1. The number of H-pyrrole nitrogens is 1. The first-order chi connectivity index (χ1) is 13.9. The van der Waals surface area contributed by atoms with Crippen LogP contribution in [0.4, 0.5) is 4.39 Å². The number of amides is 1. The molecule has 0 spiro atoms. The molecule has 3 heterocycles. The number of aromatic amines is 1. The topological polar surface area (TPSA) is 108 Å². The summed E-state index contributed by atoms with van der Waals surface area (Å²) >= 11 is 0. The third-order valence-electron chi connectivity index (χ3n) is 4.93. The van der Waals surface area contributed by atoms with E-state index in [0.717, 1.165) is 5.56 Å². The number of nitrogens with one attached hydrogen (secondary N) is 1. The molecule has 29 heavy (non-hydrogen) atoms. The van der Waals surface area contributed by atoms with Gasteiger partial charge in [0.05, 0.1) is 30.1 Å². The number of pyridine rings is 1. The molecule has 1 saturated heterocycles. The highest BCUT2D eigenvalue weighted by Gasteiger charge is 2.29. The first-order valence-corrected chi connectivity index (χ1v) is 9.20. The van der Waals surface area contributed by atoms with Gasteiger partial charge >= 0.3 is 5.69 Å². The van der Waals surface area contributed by atoms with E-state index in [9.17, 15) is 23.9 Å². The van der Waals surface area contributed by atoms with E-state index in [1.807, 2.05) is 30.3 Å². The van der Waals surface area contributed by atoms with Crippen LogP contribution < -0.4 is 11.2 Å². The van der Waals surface area contributed by atoms with E-state index < -0.39 is 29.4 Å². The van der Waals surface area contributed by atoms with Crippen LogP contribution in [0.1, 0.15) is 22.3 Å². The van der Waals surface area contributed by atoms with Crippen molar-refractivity contribution in [1.82, 2.24) is 19.4 Å². The predicted octanol–water partition coefficient (Wildman–Crippen LogP) is 0.678. The van der Waals surface area contributed by atoms with E-state index in [0.29, 0.717) is 0 Å². The molecule has 150 valence electrons. The Morgan fingerprint density at radius 2 is 2.00 bits per heavy atom. The fourth-order valence-corrected chi connectivity index (χ4v) is 3.56. The molecule has 2 aromatic heterocycles. The zero-order chi connectivity index (χ0) is 20.5. The van der Waals surface area contributed by atoms with Gasteiger partial charge in [-0.1, -0.05) is 30.3 Å². The monoisotopic (exact) mass is 398 g/mol. The van der Waals surface area contributed by atoms with Crippen LogP contribution >= 0.6 is 0 Å². The van der Waals surface area contributed by atoms with Gasteiger partial charge in [-0.15, -0.1) is 0 Å². The summed E-state index contributed by atoms with van der Waals surface area (Å²) in [6, 6.07) is 10.6. The second-order valence-electron chi connectivity index (χ2n) is 7.12. The molecular formula is C20H19FN4O4. The molecule has 0 bridgehead atoms. The van der Waals surface area contributed by atoms with Crippen molar-refractivity contribution >= 4 is 16.9 Å². The van der Waals surface area contributed by atoms with Gasteiger partial charge in [-0.25, -0.2) is 14.2 Å². The van der Waals surface area contributed by atoms with Gasteiger partial charge in [0, 0.05) is 19.2 Å². The summed E-state index contributed by atoms with van der Waals surface area (Å²) in [5, 5.41) is 9.81. The molecule has 8 nitrogen and oxygen atoms in total. The summed E-state index contributed by atoms with van der Waals surface area (Å²) in [6.07, 6.45) is -0.990. The van der Waals surface area contributed by atoms with Gasteiger partial charge in [-0.2, -0.15) is 0 Å². The number of likely N-dealkylation sites (tertiary alicyclic amines) is 1. The zero-order valence-corrected chi connectivity index (χ0v) is 15.4. The summed E-state index contributed by atoms with van der Waals surface area (Å²) in [5.74, 6) is -0.527. The van der Waals surface area contributed by atoms with Crippen LogP contribution in [0.2, 0.25) is 0 Å². The number of fused-ring (bicyclic) bond motifs is 1. The van der Waals surface area contributed by atoms with E-state index in [1.165, 1.54) is 21.7 Å². The quantitative estimate of drug-likeness (QED) is 0.675. The van der Waals surface area contributed by atoms with Gasteiger partial charge in [0.25, 0.3) is 11.5 Å². The summed E-state index contributed by atoms with van der Waals surface area (Å²) in [5.41, 5.74) is -0.160. The van der Waals surface area contributed by atoms with Crippen LogP contribution in [0, 0.1) is 0 Å². The number of rotatable bonds is 3. The number of hydrogen-bond donors (Lipinski definition) is 2. The van der Waals surface area contributed by atoms with E-state index >= 15 is 0 Å². The van der Waals surface area contributed by atoms with Crippen molar-refractivity contribution in [1.29, 1.82) is 0 Å². The average molecular weight is 398 g/mol. The Hall–Kier alpha value is -3.33. The number of nitrogens with zero attached hydrogens (tertiary/aromatic N) is 3. The number of alkyl halides is 1. The largest absolute Gasteiger partial charge is 0.391 e. The number of halogens is 1. The maximum atomic E-state index is 13.7. The molecule has 4 rings (SSSR count). The predicted molar refractivity (Wildman–Crippen MR) is 104 cm³/mol. The second kappa shape index (κ2) is 7.59. The maximum absolute atomic E-state index is 13.7. The molecule has 3 aromatic rings. The minimum Gasteiger partial charge on any atom is -0.391 e. The lowest BCUT2D eigenvalue weighted by Crippen LogP contribution is -2.47. The van der Waals surface area contributed by atoms with Crippen molar-refractivity contribution in [2.45, 2.75) is 25.2 Å². The number of aliphatic hydroxyl groups excluding tert-OH is 1. The SMILES string of the molecule is O=C(c1cnc2c(c1)c(=O)[nH]c(=O)n2Cc1ccccc1)N1C[C@H](O)C[C@@H](F)C1. The third kappa shape index (κ3) is 3.81. The van der Waals surface area contributed by atoms with Crippen LogP contribution in [0.15, 0.2) is 52.2 Å². The first-order valence-electron chi connectivity index (χ1n) is 9.20. The van der Waals surface area contributed by atoms with Crippen LogP contribution in [-0.4, -0.2) is 55.8 Å². The van der Waals surface area contributed by atoms with Gasteiger partial charge in [-0.05, 0) is 11.6 Å². The molecule has 1 aliphatic rings. The number of hydrogen-bond acceptors (Lipinski definition) is 5. The van der Waals surface area contributed by atoms with Gasteiger partial charge in [0.2, 0.25) is 0 Å². The molecule has 1 amide bonds. The van der Waals surface area contributed by atoms with Crippen molar-refractivity contribution in [2.75, 3.05) is 13.1 Å². The number of aromatic nitrogens is 3. The Labute approximate surface area is 164 Å². The fraction of sp³-hybridized carbons (Fsp3) is 0.300. The van der Waals surface area contributed by atoms with Gasteiger partial charge in [-0.3, -0.25) is 19.1 Å². The highest BCUT2D eigenvalue weighted by Crippen LogP contribution is 2.18. The lowest BCUT2D eigenvalue weighted by molar-refractivity contribution is 0.0223. The van der Waals surface area contributed by atoms with Crippen LogP contribution in [-0.2, 0) is 6.54 Å². The van der Waals surface area contributed by atoms with Crippen LogP contribution in [0.25, 0.3) is 11.0 Å². The molecule has 0 unspecified atom stereocenters. The summed E-state index contributed by atoms with van der Waals surface area (Å²) < 4.78 is 15.0. The Kier molecular flexibility index (Phi) is 4.98. The van der Waals surface area contributed by atoms with Crippen molar-refractivity contribution in [2.24, 2.45) is 0 Å². The highest BCUT2D eigenvalue weighted by atomic mass is 19.1.